The van der Waals surface area contributed by atoms with Crippen molar-refractivity contribution in [2.45, 2.75) is 130 Å². The first kappa shape index (κ1) is 49.1. The molecule has 2 N–H and O–H groups in total. The van der Waals surface area contributed by atoms with E-state index in [0.717, 1.165) is 0 Å². The molecule has 0 radical (unpaired) electrons. The second-order valence-electron chi connectivity index (χ2n) is 9.65. The molecule has 42 heavy (non-hydrogen) atoms. The Kier molecular flexibility index (Phi) is 33.6. The third-order valence-electron chi connectivity index (χ3n) is 5.55. The minimum absolute atomic E-state index is 0.422. The van der Waals surface area contributed by atoms with Crippen molar-refractivity contribution in [3.8, 4) is 0 Å². The lowest BCUT2D eigenvalue weighted by atomic mass is 10.4. The molecule has 260 valence electrons. The van der Waals surface area contributed by atoms with E-state index in [1.807, 2.05) is 0 Å². The summed E-state index contributed by atoms with van der Waals surface area (Å²) in [7, 11) is -10.8. The fourth-order valence-corrected chi connectivity index (χ4v) is 8.88. The first-order chi connectivity index (χ1) is 19.2. The number of rotatable bonds is 18. The number of hydrogen-bond acceptors (Lipinski definition) is 4. The Morgan fingerprint density at radius 2 is 0.548 bits per heavy atom. The molecule has 0 aromatic carbocycles. The number of halogens is 6. The maximum Gasteiger partial charge on any atom is 0.522 e. The lowest BCUT2D eigenvalue weighted by Gasteiger charge is -2.16. The highest BCUT2D eigenvalue weighted by Gasteiger charge is 2.45. The molecule has 6 nitrogen and oxygen atoms in total. The largest absolute Gasteiger partial charge is 0.522 e. The molecule has 0 unspecified atom stereocenters. The molecule has 0 amide bonds. The molecule has 0 aliphatic rings. The van der Waals surface area contributed by atoms with Crippen molar-refractivity contribution in [3.63, 3.8) is 0 Å². The molecule has 0 aromatic heterocycles. The van der Waals surface area contributed by atoms with E-state index in [1.54, 1.807) is 37.0 Å². The minimum atomic E-state index is -5.84. The van der Waals surface area contributed by atoms with Gasteiger partial charge in [-0.15, -0.1) is 15.8 Å². The molecule has 0 spiro atoms. The van der Waals surface area contributed by atoms with Gasteiger partial charge in [0.25, 0.3) is 0 Å². The Hall–Kier alpha value is 0.260. The highest BCUT2D eigenvalue weighted by Crippen LogP contribution is 2.39. The van der Waals surface area contributed by atoms with Gasteiger partial charge in [0.05, 0.1) is 0 Å². The average molecular weight is 705 g/mol. The maximum atomic E-state index is 10.7. The van der Waals surface area contributed by atoms with Crippen LogP contribution >= 0.6 is 15.8 Å². The average Bonchev–Trinajstić information content (AvgIpc) is 2.86. The van der Waals surface area contributed by atoms with Crippen molar-refractivity contribution >= 4 is 36.1 Å². The monoisotopic (exact) mass is 704 g/mol. The van der Waals surface area contributed by atoms with E-state index in [2.05, 4.69) is 41.5 Å². The van der Waals surface area contributed by atoms with Crippen LogP contribution in [0.3, 0.4) is 0 Å². The topological polar surface area (TPSA) is 109 Å². The van der Waals surface area contributed by atoms with Gasteiger partial charge in [-0.05, 0) is 75.5 Å². The van der Waals surface area contributed by atoms with Gasteiger partial charge in [0.15, 0.2) is 0 Å². The fourth-order valence-electron chi connectivity index (χ4n) is 2.96. The molecule has 0 saturated heterocycles. The van der Waals surface area contributed by atoms with Crippen molar-refractivity contribution in [2.75, 3.05) is 37.0 Å². The van der Waals surface area contributed by atoms with Crippen LogP contribution in [0.1, 0.15) is 119 Å². The molecular weight excluding hydrogens is 648 g/mol. The van der Waals surface area contributed by atoms with Gasteiger partial charge in [0.2, 0.25) is 0 Å². The predicted octanol–water partition coefficient (Wildman–Crippen LogP) is 10.5. The molecule has 0 saturated carbocycles. The quantitative estimate of drug-likeness (QED) is 0.0636. The lowest BCUT2D eigenvalue weighted by molar-refractivity contribution is -0.0514. The van der Waals surface area contributed by atoms with Crippen LogP contribution in [-0.4, -0.2) is 73.9 Å². The number of alkyl halides is 6. The minimum Gasteiger partial charge on any atom is -0.279 e. The zero-order valence-corrected chi connectivity index (χ0v) is 29.7. The van der Waals surface area contributed by atoms with Crippen LogP contribution in [0, 0.1) is 0 Å². The second kappa shape index (κ2) is 28.7. The molecule has 0 aliphatic heterocycles. The summed E-state index contributed by atoms with van der Waals surface area (Å²) in [5.74, 6) is 0. The molecule has 16 heteroatoms. The van der Waals surface area contributed by atoms with Crippen LogP contribution in [0.5, 0.6) is 0 Å². The number of unbranched alkanes of at least 4 members (excludes halogenated alkanes) is 6. The summed E-state index contributed by atoms with van der Waals surface area (Å²) in [4.78, 5) is 0. The zero-order chi connectivity index (χ0) is 33.9. The first-order valence-electron chi connectivity index (χ1n) is 14.7. The molecule has 0 atom stereocenters. The highest BCUT2D eigenvalue weighted by atomic mass is 32.2. The second-order valence-corrected chi connectivity index (χ2v) is 17.8. The maximum absolute atomic E-state index is 10.7. The summed E-state index contributed by atoms with van der Waals surface area (Å²) in [6.45, 7) is 13.9. The van der Waals surface area contributed by atoms with Gasteiger partial charge in [0, 0.05) is 0 Å². The Morgan fingerprint density at radius 3 is 0.619 bits per heavy atom. The predicted molar refractivity (Wildman–Crippen MR) is 168 cm³/mol. The van der Waals surface area contributed by atoms with Crippen LogP contribution in [0.25, 0.3) is 0 Å². The van der Waals surface area contributed by atoms with Crippen molar-refractivity contribution in [3.05, 3.63) is 0 Å². The van der Waals surface area contributed by atoms with Gasteiger partial charge < -0.3 is 0 Å². The number of hydrogen-bond donors (Lipinski definition) is 2. The Balaban J connectivity index is -0.000000235. The molecule has 0 rings (SSSR count). The summed E-state index contributed by atoms with van der Waals surface area (Å²) in [6, 6.07) is 0. The van der Waals surface area contributed by atoms with Gasteiger partial charge >= 0.3 is 31.3 Å². The fraction of sp³-hybridized carbons (Fsp3) is 1.00. The van der Waals surface area contributed by atoms with Crippen LogP contribution in [0.4, 0.5) is 26.3 Å². The lowest BCUT2D eigenvalue weighted by Crippen LogP contribution is -2.21. The van der Waals surface area contributed by atoms with E-state index in [9.17, 15) is 26.3 Å². The standard InChI is InChI=1S/2C12H27P.2CHF3O3S/c2*1-4-7-10-13(11-8-5-2)12-9-6-3;2*2-1(3,4)8(5,6)7/h2*4-12H2,1-3H3;2*(H,5,6,7). The Bertz CT molecular complexity index is 692. The SMILES string of the molecule is CCCCP(CCCC)CCCC.CCCCP(CCCC)CCCC.O=S(=O)(O)C(F)(F)F.O=S(=O)(O)C(F)(F)F. The van der Waals surface area contributed by atoms with Crippen LogP contribution < -0.4 is 0 Å². The van der Waals surface area contributed by atoms with Crippen molar-refractivity contribution in [1.29, 1.82) is 0 Å². The molecule has 0 aliphatic carbocycles. The van der Waals surface area contributed by atoms with Crippen molar-refractivity contribution in [2.24, 2.45) is 0 Å². The third kappa shape index (κ3) is 34.7. The highest BCUT2D eigenvalue weighted by molar-refractivity contribution is 7.86. The summed E-state index contributed by atoms with van der Waals surface area (Å²) in [5.41, 5.74) is -11.1. The van der Waals surface area contributed by atoms with Gasteiger partial charge in [-0.1, -0.05) is 80.1 Å². The van der Waals surface area contributed by atoms with Gasteiger partial charge in [0.1, 0.15) is 0 Å². The van der Waals surface area contributed by atoms with Crippen molar-refractivity contribution < 1.29 is 52.3 Å². The summed E-state index contributed by atoms with van der Waals surface area (Å²) in [6.07, 6.45) is 26.4. The molecule has 0 aromatic rings. The summed E-state index contributed by atoms with van der Waals surface area (Å²) < 4.78 is 115. The van der Waals surface area contributed by atoms with Crippen LogP contribution in [-0.2, 0) is 20.2 Å². The smallest absolute Gasteiger partial charge is 0.279 e. The van der Waals surface area contributed by atoms with Gasteiger partial charge in [-0.3, -0.25) is 9.11 Å². The summed E-state index contributed by atoms with van der Waals surface area (Å²) >= 11 is 0. The Morgan fingerprint density at radius 1 is 0.429 bits per heavy atom. The van der Waals surface area contributed by atoms with Gasteiger partial charge in [-0.2, -0.15) is 43.2 Å². The van der Waals surface area contributed by atoms with E-state index in [1.165, 1.54) is 77.0 Å². The van der Waals surface area contributed by atoms with E-state index < -0.39 is 31.3 Å². The van der Waals surface area contributed by atoms with Crippen LogP contribution in [0.2, 0.25) is 0 Å². The van der Waals surface area contributed by atoms with E-state index in [0.29, 0.717) is 15.8 Å². The normalized spacial score (nSPS) is 12.2. The first-order valence-corrected chi connectivity index (χ1v) is 21.4. The van der Waals surface area contributed by atoms with Gasteiger partial charge in [-0.25, -0.2) is 0 Å². The van der Waals surface area contributed by atoms with Crippen LogP contribution in [0.15, 0.2) is 0 Å². The van der Waals surface area contributed by atoms with E-state index in [4.69, 9.17) is 25.9 Å². The molecular formula is C26H56F6O6P2S2. The summed E-state index contributed by atoms with van der Waals surface area (Å²) in [5, 5.41) is 0. The molecule has 0 bridgehead atoms. The van der Waals surface area contributed by atoms with E-state index in [-0.39, 0.29) is 0 Å². The third-order valence-corrected chi connectivity index (χ3v) is 12.4. The van der Waals surface area contributed by atoms with Crippen molar-refractivity contribution in [1.82, 2.24) is 0 Å². The molecule has 0 heterocycles. The Labute approximate surface area is 254 Å². The zero-order valence-electron chi connectivity index (χ0n) is 26.2. The molecule has 0 fully saturated rings. The van der Waals surface area contributed by atoms with E-state index >= 15 is 0 Å².